The highest BCUT2D eigenvalue weighted by Crippen LogP contribution is 1.95. The van der Waals surface area contributed by atoms with Gasteiger partial charge in [0.1, 0.15) is 0 Å². The molecule has 0 unspecified atom stereocenters. The molecule has 1 radical (unpaired) electrons. The fraction of sp³-hybridized carbons (Fsp3) is 0.800. The Balaban J connectivity index is 2.98. The molecule has 0 aromatic carbocycles. The highest BCUT2D eigenvalue weighted by Gasteiger charge is 1.97. The topological polar surface area (TPSA) is 43.1 Å². The van der Waals surface area contributed by atoms with Gasteiger partial charge < -0.3 is 5.73 Å². The molecular formula is C5H10NOS. The van der Waals surface area contributed by atoms with Crippen LogP contribution in [0.25, 0.3) is 0 Å². The van der Waals surface area contributed by atoms with Gasteiger partial charge in [-0.2, -0.15) is 11.8 Å². The molecule has 0 bridgehead atoms. The van der Waals surface area contributed by atoms with Gasteiger partial charge in [-0.3, -0.25) is 4.79 Å². The van der Waals surface area contributed by atoms with Crippen molar-refractivity contribution in [2.45, 2.75) is 12.5 Å². The molecular weight excluding hydrogens is 122 g/mol. The summed E-state index contributed by atoms with van der Waals surface area (Å²) in [5.41, 5.74) is 5.22. The Morgan fingerprint density at radius 1 is 1.88 bits per heavy atom. The van der Waals surface area contributed by atoms with E-state index in [0.717, 1.165) is 12.2 Å². The van der Waals surface area contributed by atoms with Crippen molar-refractivity contribution in [3.05, 3.63) is 0 Å². The maximum atomic E-state index is 9.75. The summed E-state index contributed by atoms with van der Waals surface area (Å²) in [6.07, 6.45) is 4.44. The molecule has 1 atom stereocenters. The highest BCUT2D eigenvalue weighted by molar-refractivity contribution is 7.98. The van der Waals surface area contributed by atoms with Crippen molar-refractivity contribution in [3.8, 4) is 0 Å². The first-order valence-corrected chi connectivity index (χ1v) is 3.83. The maximum absolute atomic E-state index is 9.75. The number of thioether (sulfide) groups is 1. The Hall–Kier alpha value is -0.0200. The van der Waals surface area contributed by atoms with Crippen LogP contribution in [-0.4, -0.2) is 24.3 Å². The SMILES string of the molecule is CSCC[C@@H](N)[C]=O. The molecule has 0 aliphatic rings. The minimum atomic E-state index is -0.373. The van der Waals surface area contributed by atoms with E-state index in [1.54, 1.807) is 18.0 Å². The molecule has 0 aromatic rings. The summed E-state index contributed by atoms with van der Waals surface area (Å²) < 4.78 is 0. The maximum Gasteiger partial charge on any atom is 0.216 e. The average molecular weight is 132 g/mol. The molecule has 0 spiro atoms. The first-order valence-electron chi connectivity index (χ1n) is 2.43. The summed E-state index contributed by atoms with van der Waals surface area (Å²) in [6, 6.07) is -0.373. The summed E-state index contributed by atoms with van der Waals surface area (Å²) >= 11 is 1.69. The third kappa shape index (κ3) is 4.15. The van der Waals surface area contributed by atoms with Crippen molar-refractivity contribution in [1.29, 1.82) is 0 Å². The molecule has 8 heavy (non-hydrogen) atoms. The lowest BCUT2D eigenvalue weighted by Gasteiger charge is -1.97. The molecule has 0 aliphatic carbocycles. The van der Waals surface area contributed by atoms with Crippen molar-refractivity contribution >= 4 is 18.0 Å². The van der Waals surface area contributed by atoms with E-state index in [1.165, 1.54) is 0 Å². The van der Waals surface area contributed by atoms with E-state index in [4.69, 9.17) is 5.73 Å². The number of nitrogens with two attached hydrogens (primary N) is 1. The predicted octanol–water partition coefficient (Wildman–Crippen LogP) is 0.176. The van der Waals surface area contributed by atoms with Crippen LogP contribution in [-0.2, 0) is 4.79 Å². The van der Waals surface area contributed by atoms with E-state index in [9.17, 15) is 4.79 Å². The van der Waals surface area contributed by atoms with E-state index < -0.39 is 0 Å². The zero-order valence-electron chi connectivity index (χ0n) is 4.89. The molecule has 47 valence electrons. The second-order valence-corrected chi connectivity index (χ2v) is 2.49. The Morgan fingerprint density at radius 2 is 2.50 bits per heavy atom. The second kappa shape index (κ2) is 5.12. The van der Waals surface area contributed by atoms with Gasteiger partial charge in [0, 0.05) is 0 Å². The van der Waals surface area contributed by atoms with Crippen LogP contribution in [0.3, 0.4) is 0 Å². The molecule has 2 nitrogen and oxygen atoms in total. The van der Waals surface area contributed by atoms with Crippen molar-refractivity contribution in [2.75, 3.05) is 12.0 Å². The summed E-state index contributed by atoms with van der Waals surface area (Å²) in [4.78, 5) is 9.75. The van der Waals surface area contributed by atoms with Crippen LogP contribution < -0.4 is 5.73 Å². The standard InChI is InChI=1S/C5H10NOS/c1-8-3-2-5(6)4-7/h5H,2-3,6H2,1H3/t5-/m1/s1. The predicted molar refractivity (Wildman–Crippen MR) is 36.7 cm³/mol. The molecule has 0 aliphatic heterocycles. The minimum Gasteiger partial charge on any atom is -0.321 e. The zero-order valence-corrected chi connectivity index (χ0v) is 5.70. The zero-order chi connectivity index (χ0) is 6.41. The molecule has 0 aromatic heterocycles. The lowest BCUT2D eigenvalue weighted by atomic mass is 10.3. The van der Waals surface area contributed by atoms with E-state index in [1.807, 2.05) is 6.26 Å². The third-order valence-electron chi connectivity index (χ3n) is 0.784. The normalized spacial score (nSPS) is 13.2. The second-order valence-electron chi connectivity index (χ2n) is 1.51. The van der Waals surface area contributed by atoms with Crippen LogP contribution in [0.2, 0.25) is 0 Å². The van der Waals surface area contributed by atoms with Crippen LogP contribution in [0, 0.1) is 0 Å². The lowest BCUT2D eigenvalue weighted by Crippen LogP contribution is -2.21. The fourth-order valence-corrected chi connectivity index (χ4v) is 0.793. The first-order chi connectivity index (χ1) is 3.81. The molecule has 2 N–H and O–H groups in total. The molecule has 0 fully saturated rings. The molecule has 0 saturated heterocycles. The van der Waals surface area contributed by atoms with Gasteiger partial charge in [-0.15, -0.1) is 0 Å². The quantitative estimate of drug-likeness (QED) is 0.593. The van der Waals surface area contributed by atoms with E-state index in [-0.39, 0.29) is 6.04 Å². The van der Waals surface area contributed by atoms with Gasteiger partial charge >= 0.3 is 0 Å². The smallest absolute Gasteiger partial charge is 0.216 e. The Kier molecular flexibility index (Phi) is 5.11. The average Bonchev–Trinajstić information content (AvgIpc) is 1.83. The van der Waals surface area contributed by atoms with Gasteiger partial charge in [-0.05, 0) is 18.4 Å². The monoisotopic (exact) mass is 132 g/mol. The van der Waals surface area contributed by atoms with Crippen molar-refractivity contribution in [2.24, 2.45) is 5.73 Å². The summed E-state index contributed by atoms with van der Waals surface area (Å²) in [7, 11) is 0. The largest absolute Gasteiger partial charge is 0.321 e. The Labute approximate surface area is 53.8 Å². The minimum absolute atomic E-state index is 0.373. The van der Waals surface area contributed by atoms with Gasteiger partial charge in [0.05, 0.1) is 6.04 Å². The third-order valence-corrected chi connectivity index (χ3v) is 1.43. The van der Waals surface area contributed by atoms with Gasteiger partial charge in [0.25, 0.3) is 0 Å². The van der Waals surface area contributed by atoms with Gasteiger partial charge in [0.2, 0.25) is 6.29 Å². The number of hydrogen-bond acceptors (Lipinski definition) is 3. The molecule has 0 amide bonds. The number of carbonyl (C=O) groups excluding carboxylic acids is 1. The Bertz CT molecular complexity index is 67.4. The van der Waals surface area contributed by atoms with Crippen LogP contribution in [0.5, 0.6) is 0 Å². The summed E-state index contributed by atoms with van der Waals surface area (Å²) in [5, 5.41) is 0. The van der Waals surface area contributed by atoms with Gasteiger partial charge in [-0.1, -0.05) is 0 Å². The van der Waals surface area contributed by atoms with Crippen LogP contribution in [0.15, 0.2) is 0 Å². The Morgan fingerprint density at radius 3 is 2.88 bits per heavy atom. The van der Waals surface area contributed by atoms with Crippen molar-refractivity contribution < 1.29 is 4.79 Å². The van der Waals surface area contributed by atoms with Crippen LogP contribution in [0.4, 0.5) is 0 Å². The van der Waals surface area contributed by atoms with E-state index >= 15 is 0 Å². The van der Waals surface area contributed by atoms with E-state index in [2.05, 4.69) is 0 Å². The summed E-state index contributed by atoms with van der Waals surface area (Å²) in [5.74, 6) is 0.941. The summed E-state index contributed by atoms with van der Waals surface area (Å²) in [6.45, 7) is 0. The molecule has 0 heterocycles. The fourth-order valence-electron chi connectivity index (χ4n) is 0.304. The number of rotatable bonds is 4. The first kappa shape index (κ1) is 7.98. The highest BCUT2D eigenvalue weighted by atomic mass is 32.2. The molecule has 0 saturated carbocycles. The van der Waals surface area contributed by atoms with Crippen molar-refractivity contribution in [1.82, 2.24) is 0 Å². The van der Waals surface area contributed by atoms with E-state index in [0.29, 0.717) is 0 Å². The lowest BCUT2D eigenvalue weighted by molar-refractivity contribution is 0.539. The van der Waals surface area contributed by atoms with Gasteiger partial charge in [-0.25, -0.2) is 0 Å². The van der Waals surface area contributed by atoms with Crippen molar-refractivity contribution in [3.63, 3.8) is 0 Å². The molecule has 3 heteroatoms. The van der Waals surface area contributed by atoms with Crippen LogP contribution >= 0.6 is 11.8 Å². The molecule has 0 rings (SSSR count). The van der Waals surface area contributed by atoms with Crippen LogP contribution in [0.1, 0.15) is 6.42 Å². The number of hydrogen-bond donors (Lipinski definition) is 1. The van der Waals surface area contributed by atoms with Gasteiger partial charge in [0.15, 0.2) is 0 Å².